The topological polar surface area (TPSA) is 32.3 Å². The molecule has 142 valence electrons. The molecule has 2 aliphatic heterocycles. The molecule has 0 spiro atoms. The van der Waals surface area contributed by atoms with Crippen molar-refractivity contribution in [1.82, 2.24) is 10.2 Å². The first kappa shape index (κ1) is 18.2. The third-order valence-corrected chi connectivity index (χ3v) is 6.03. The van der Waals surface area contributed by atoms with E-state index in [4.69, 9.17) is 0 Å². The van der Waals surface area contributed by atoms with Gasteiger partial charge in [-0.15, -0.1) is 0 Å². The minimum absolute atomic E-state index is 0.156. The van der Waals surface area contributed by atoms with Crippen molar-refractivity contribution in [1.29, 1.82) is 0 Å². The van der Waals surface area contributed by atoms with Gasteiger partial charge in [0.25, 0.3) is 0 Å². The standard InChI is InChI=1S/C23H27FN2O/c24-19-11-9-17(10-12-19)16-22(27)26-15-5-4-8-21-23(26)20(13-14-25-21)18-6-2-1-3-7-18/h1-3,6-7,9-12,20-21,23,25H,4-5,8,13-16H2/t20-,21-,23-/m1/s1. The zero-order valence-electron chi connectivity index (χ0n) is 15.6. The average molecular weight is 366 g/mol. The van der Waals surface area contributed by atoms with Gasteiger partial charge in [-0.2, -0.15) is 0 Å². The van der Waals surface area contributed by atoms with Crippen LogP contribution in [-0.2, 0) is 11.2 Å². The molecule has 0 bridgehead atoms. The molecule has 2 saturated heterocycles. The first-order valence-corrected chi connectivity index (χ1v) is 10.0. The summed E-state index contributed by atoms with van der Waals surface area (Å²) in [7, 11) is 0. The zero-order chi connectivity index (χ0) is 18.6. The van der Waals surface area contributed by atoms with Crippen LogP contribution in [0.3, 0.4) is 0 Å². The Bertz CT molecular complexity index is 762. The molecule has 0 saturated carbocycles. The van der Waals surface area contributed by atoms with Gasteiger partial charge in [0, 0.05) is 18.5 Å². The quantitative estimate of drug-likeness (QED) is 0.894. The molecule has 2 aromatic rings. The molecule has 4 heteroatoms. The number of amides is 1. The zero-order valence-corrected chi connectivity index (χ0v) is 15.6. The molecule has 27 heavy (non-hydrogen) atoms. The van der Waals surface area contributed by atoms with Gasteiger partial charge in [0.15, 0.2) is 0 Å². The Kier molecular flexibility index (Phi) is 5.53. The van der Waals surface area contributed by atoms with Crippen molar-refractivity contribution in [2.45, 2.75) is 50.1 Å². The van der Waals surface area contributed by atoms with Gasteiger partial charge < -0.3 is 10.2 Å². The van der Waals surface area contributed by atoms with E-state index in [0.717, 1.165) is 44.3 Å². The number of rotatable bonds is 3. The predicted molar refractivity (Wildman–Crippen MR) is 105 cm³/mol. The number of hydrogen-bond donors (Lipinski definition) is 1. The third-order valence-electron chi connectivity index (χ3n) is 6.03. The summed E-state index contributed by atoms with van der Waals surface area (Å²) in [6.07, 6.45) is 4.70. The smallest absolute Gasteiger partial charge is 0.227 e. The molecule has 2 fully saturated rings. The second kappa shape index (κ2) is 8.22. The van der Waals surface area contributed by atoms with Gasteiger partial charge in [0.1, 0.15) is 5.82 Å². The summed E-state index contributed by atoms with van der Waals surface area (Å²) in [6, 6.07) is 17.5. The Morgan fingerprint density at radius 3 is 2.59 bits per heavy atom. The fourth-order valence-electron chi connectivity index (χ4n) is 4.73. The lowest BCUT2D eigenvalue weighted by Gasteiger charge is -2.44. The van der Waals surface area contributed by atoms with Gasteiger partial charge in [-0.05, 0) is 49.1 Å². The molecule has 2 aromatic carbocycles. The fourth-order valence-corrected chi connectivity index (χ4v) is 4.73. The first-order chi connectivity index (χ1) is 13.2. The Hall–Kier alpha value is -2.20. The second-order valence-electron chi connectivity index (χ2n) is 7.74. The molecule has 2 heterocycles. The molecule has 4 rings (SSSR count). The van der Waals surface area contributed by atoms with Gasteiger partial charge in [0.2, 0.25) is 5.91 Å². The largest absolute Gasteiger partial charge is 0.337 e. The van der Waals surface area contributed by atoms with Crippen LogP contribution in [0, 0.1) is 5.82 Å². The van der Waals surface area contributed by atoms with E-state index in [1.54, 1.807) is 12.1 Å². The maximum Gasteiger partial charge on any atom is 0.227 e. The molecule has 3 atom stereocenters. The molecule has 1 amide bonds. The predicted octanol–water partition coefficient (Wildman–Crippen LogP) is 3.90. The first-order valence-electron chi connectivity index (χ1n) is 10.0. The van der Waals surface area contributed by atoms with Crippen molar-refractivity contribution in [2.75, 3.05) is 13.1 Å². The van der Waals surface area contributed by atoms with E-state index in [9.17, 15) is 9.18 Å². The van der Waals surface area contributed by atoms with Crippen LogP contribution in [0.1, 0.15) is 42.7 Å². The third kappa shape index (κ3) is 4.06. The molecule has 0 radical (unpaired) electrons. The van der Waals surface area contributed by atoms with E-state index in [2.05, 4.69) is 34.5 Å². The minimum atomic E-state index is -0.262. The molecular weight excluding hydrogens is 339 g/mol. The summed E-state index contributed by atoms with van der Waals surface area (Å²) in [4.78, 5) is 15.4. The molecule has 1 N–H and O–H groups in total. The van der Waals surface area contributed by atoms with Gasteiger partial charge in [-0.25, -0.2) is 4.39 Å². The second-order valence-corrected chi connectivity index (χ2v) is 7.74. The minimum Gasteiger partial charge on any atom is -0.337 e. The number of carbonyl (C=O) groups is 1. The van der Waals surface area contributed by atoms with Crippen LogP contribution in [0.4, 0.5) is 4.39 Å². The summed E-state index contributed by atoms with van der Waals surface area (Å²) in [5, 5.41) is 3.67. The van der Waals surface area contributed by atoms with Crippen LogP contribution in [0.15, 0.2) is 54.6 Å². The van der Waals surface area contributed by atoms with Crippen molar-refractivity contribution in [3.05, 3.63) is 71.5 Å². The van der Waals surface area contributed by atoms with E-state index in [1.165, 1.54) is 17.7 Å². The van der Waals surface area contributed by atoms with Crippen LogP contribution in [0.2, 0.25) is 0 Å². The van der Waals surface area contributed by atoms with Gasteiger partial charge in [0.05, 0.1) is 12.5 Å². The summed E-state index contributed by atoms with van der Waals surface area (Å²) < 4.78 is 13.2. The highest BCUT2D eigenvalue weighted by molar-refractivity contribution is 5.79. The van der Waals surface area contributed by atoms with Crippen molar-refractivity contribution in [2.24, 2.45) is 0 Å². The summed E-state index contributed by atoms with van der Waals surface area (Å²) in [5.74, 6) is 0.262. The summed E-state index contributed by atoms with van der Waals surface area (Å²) >= 11 is 0. The Labute approximate surface area is 160 Å². The lowest BCUT2D eigenvalue weighted by atomic mass is 9.80. The summed E-state index contributed by atoms with van der Waals surface area (Å²) in [6.45, 7) is 1.81. The molecule has 0 unspecified atom stereocenters. The van der Waals surface area contributed by atoms with Crippen molar-refractivity contribution in [3.8, 4) is 0 Å². The van der Waals surface area contributed by atoms with Crippen LogP contribution < -0.4 is 5.32 Å². The SMILES string of the molecule is O=C(Cc1ccc(F)cc1)N1CCCC[C@H]2NCC[C@H](c3ccccc3)[C@H]21. The maximum atomic E-state index is 13.2. The van der Waals surface area contributed by atoms with Gasteiger partial charge in [-0.3, -0.25) is 4.79 Å². The highest BCUT2D eigenvalue weighted by Gasteiger charge is 2.40. The number of piperidine rings is 1. The lowest BCUT2D eigenvalue weighted by molar-refractivity contribution is -0.134. The Balaban J connectivity index is 1.60. The van der Waals surface area contributed by atoms with Crippen LogP contribution in [-0.4, -0.2) is 36.0 Å². The van der Waals surface area contributed by atoms with Crippen molar-refractivity contribution >= 4 is 5.91 Å². The number of nitrogens with zero attached hydrogens (tertiary/aromatic N) is 1. The number of hydrogen-bond acceptors (Lipinski definition) is 2. The molecule has 2 aliphatic rings. The molecular formula is C23H27FN2O. The average Bonchev–Trinajstić information content (AvgIpc) is 2.93. The number of carbonyl (C=O) groups excluding carboxylic acids is 1. The molecule has 0 aliphatic carbocycles. The number of benzene rings is 2. The normalized spacial score (nSPS) is 25.5. The summed E-state index contributed by atoms with van der Waals surface area (Å²) in [5.41, 5.74) is 2.21. The van der Waals surface area contributed by atoms with E-state index >= 15 is 0 Å². The fraction of sp³-hybridized carbons (Fsp3) is 0.435. The molecule has 0 aromatic heterocycles. The molecule has 3 nitrogen and oxygen atoms in total. The van der Waals surface area contributed by atoms with E-state index in [1.807, 2.05) is 6.07 Å². The number of halogens is 1. The number of likely N-dealkylation sites (tertiary alicyclic amines) is 1. The van der Waals surface area contributed by atoms with Crippen molar-refractivity contribution < 1.29 is 9.18 Å². The number of fused-ring (bicyclic) bond motifs is 1. The van der Waals surface area contributed by atoms with E-state index in [-0.39, 0.29) is 17.8 Å². The van der Waals surface area contributed by atoms with Crippen molar-refractivity contribution in [3.63, 3.8) is 0 Å². The highest BCUT2D eigenvalue weighted by Crippen LogP contribution is 2.35. The Morgan fingerprint density at radius 2 is 1.81 bits per heavy atom. The monoisotopic (exact) mass is 366 g/mol. The van der Waals surface area contributed by atoms with Gasteiger partial charge in [-0.1, -0.05) is 48.9 Å². The van der Waals surface area contributed by atoms with Crippen LogP contribution >= 0.6 is 0 Å². The van der Waals surface area contributed by atoms with Crippen LogP contribution in [0.25, 0.3) is 0 Å². The van der Waals surface area contributed by atoms with Crippen LogP contribution in [0.5, 0.6) is 0 Å². The lowest BCUT2D eigenvalue weighted by Crippen LogP contribution is -2.58. The maximum absolute atomic E-state index is 13.2. The van der Waals surface area contributed by atoms with E-state index in [0.29, 0.717) is 18.4 Å². The number of nitrogens with one attached hydrogen (secondary N) is 1. The Morgan fingerprint density at radius 1 is 1.04 bits per heavy atom. The highest BCUT2D eigenvalue weighted by atomic mass is 19.1. The van der Waals surface area contributed by atoms with Gasteiger partial charge >= 0.3 is 0 Å². The van der Waals surface area contributed by atoms with E-state index < -0.39 is 0 Å².